The van der Waals surface area contributed by atoms with Crippen LogP contribution in [0.4, 0.5) is 5.69 Å². The maximum atomic E-state index is 12.3. The SMILES string of the molecule is CCCS(=O)(=O)N1c2ccccc2SCC1C. The van der Waals surface area contributed by atoms with Gasteiger partial charge in [-0.2, -0.15) is 0 Å². The maximum absolute atomic E-state index is 12.3. The summed E-state index contributed by atoms with van der Waals surface area (Å²) in [6, 6.07) is 7.76. The highest BCUT2D eigenvalue weighted by Crippen LogP contribution is 2.38. The fourth-order valence-electron chi connectivity index (χ4n) is 2.06. The molecule has 94 valence electrons. The van der Waals surface area contributed by atoms with E-state index in [1.807, 2.05) is 38.1 Å². The lowest BCUT2D eigenvalue weighted by Crippen LogP contribution is -2.43. The highest BCUT2D eigenvalue weighted by molar-refractivity contribution is 8.00. The molecule has 2 rings (SSSR count). The molecule has 1 atom stereocenters. The van der Waals surface area contributed by atoms with Crippen LogP contribution in [0.2, 0.25) is 0 Å². The predicted molar refractivity (Wildman–Crippen MR) is 73.2 cm³/mol. The van der Waals surface area contributed by atoms with E-state index in [-0.39, 0.29) is 11.8 Å². The average molecular weight is 271 g/mol. The Balaban J connectivity index is 2.46. The average Bonchev–Trinajstić information content (AvgIpc) is 2.28. The third-order valence-electron chi connectivity index (χ3n) is 2.74. The summed E-state index contributed by atoms with van der Waals surface area (Å²) >= 11 is 1.73. The molecular formula is C12H17NO2S2. The largest absolute Gasteiger partial charge is 0.265 e. The molecule has 1 aromatic rings. The minimum absolute atomic E-state index is 0.0337. The van der Waals surface area contributed by atoms with E-state index in [1.165, 1.54) is 0 Å². The second kappa shape index (κ2) is 4.90. The van der Waals surface area contributed by atoms with Crippen LogP contribution in [0.15, 0.2) is 29.2 Å². The molecule has 0 saturated heterocycles. The van der Waals surface area contributed by atoms with Crippen molar-refractivity contribution < 1.29 is 8.42 Å². The minimum Gasteiger partial charge on any atom is -0.265 e. The standard InChI is InChI=1S/C12H17NO2S2/c1-3-8-17(14,15)13-10(2)9-16-12-7-5-4-6-11(12)13/h4-7,10H,3,8-9H2,1-2H3. The van der Waals surface area contributed by atoms with Gasteiger partial charge in [0.05, 0.1) is 17.5 Å². The van der Waals surface area contributed by atoms with Crippen LogP contribution < -0.4 is 4.31 Å². The van der Waals surface area contributed by atoms with Crippen molar-refractivity contribution in [2.24, 2.45) is 0 Å². The first kappa shape index (κ1) is 12.8. The Morgan fingerprint density at radius 2 is 2.12 bits per heavy atom. The molecule has 5 heteroatoms. The molecule has 1 heterocycles. The van der Waals surface area contributed by atoms with Crippen molar-refractivity contribution in [2.75, 3.05) is 15.8 Å². The molecule has 1 aromatic carbocycles. The normalized spacial score (nSPS) is 20.1. The van der Waals surface area contributed by atoms with Crippen LogP contribution in [0.3, 0.4) is 0 Å². The van der Waals surface area contributed by atoms with Gasteiger partial charge in [0.25, 0.3) is 0 Å². The lowest BCUT2D eigenvalue weighted by atomic mass is 10.3. The second-order valence-corrected chi connectivity index (χ2v) is 7.27. The van der Waals surface area contributed by atoms with Crippen molar-refractivity contribution in [1.29, 1.82) is 0 Å². The van der Waals surface area contributed by atoms with Crippen LogP contribution in [0.25, 0.3) is 0 Å². The van der Waals surface area contributed by atoms with Crippen LogP contribution >= 0.6 is 11.8 Å². The molecule has 0 spiro atoms. The molecule has 0 fully saturated rings. The summed E-state index contributed by atoms with van der Waals surface area (Å²) in [7, 11) is -3.18. The van der Waals surface area contributed by atoms with Gasteiger partial charge in [-0.05, 0) is 25.5 Å². The van der Waals surface area contributed by atoms with Crippen LogP contribution in [0.5, 0.6) is 0 Å². The van der Waals surface area contributed by atoms with Crippen molar-refractivity contribution in [3.63, 3.8) is 0 Å². The second-order valence-electron chi connectivity index (χ2n) is 4.24. The van der Waals surface area contributed by atoms with E-state index in [0.29, 0.717) is 6.42 Å². The van der Waals surface area contributed by atoms with Crippen LogP contribution in [-0.4, -0.2) is 26.0 Å². The lowest BCUT2D eigenvalue weighted by Gasteiger charge is -2.35. The molecule has 1 aliphatic rings. The molecule has 0 radical (unpaired) electrons. The monoisotopic (exact) mass is 271 g/mol. The third kappa shape index (κ3) is 2.45. The molecular weight excluding hydrogens is 254 g/mol. The Morgan fingerprint density at radius 1 is 1.41 bits per heavy atom. The molecule has 0 aromatic heterocycles. The van der Waals surface area contributed by atoms with Crippen LogP contribution in [-0.2, 0) is 10.0 Å². The number of benzene rings is 1. The minimum atomic E-state index is -3.18. The summed E-state index contributed by atoms with van der Waals surface area (Å²) in [4.78, 5) is 1.06. The van der Waals surface area contributed by atoms with Crippen LogP contribution in [0, 0.1) is 0 Å². The Hall–Kier alpha value is -0.680. The first-order valence-electron chi connectivity index (χ1n) is 5.80. The maximum Gasteiger partial charge on any atom is 0.235 e. The van der Waals surface area contributed by atoms with E-state index in [4.69, 9.17) is 0 Å². The number of anilines is 1. The topological polar surface area (TPSA) is 37.4 Å². The fourth-order valence-corrected chi connectivity index (χ4v) is 5.06. The number of hydrogen-bond acceptors (Lipinski definition) is 3. The Morgan fingerprint density at radius 3 is 2.82 bits per heavy atom. The summed E-state index contributed by atoms with van der Waals surface area (Å²) in [5.41, 5.74) is 0.838. The first-order chi connectivity index (χ1) is 8.06. The lowest BCUT2D eigenvalue weighted by molar-refractivity contribution is 0.582. The number of fused-ring (bicyclic) bond motifs is 1. The summed E-state index contributed by atoms with van der Waals surface area (Å²) < 4.78 is 26.2. The van der Waals surface area contributed by atoms with Gasteiger partial charge in [-0.3, -0.25) is 4.31 Å². The molecule has 1 aliphatic heterocycles. The van der Waals surface area contributed by atoms with Gasteiger partial charge < -0.3 is 0 Å². The van der Waals surface area contributed by atoms with Gasteiger partial charge >= 0.3 is 0 Å². The molecule has 17 heavy (non-hydrogen) atoms. The fraction of sp³-hybridized carbons (Fsp3) is 0.500. The predicted octanol–water partition coefficient (Wildman–Crippen LogP) is 2.73. The van der Waals surface area contributed by atoms with E-state index in [1.54, 1.807) is 16.1 Å². The summed E-state index contributed by atoms with van der Waals surface area (Å²) in [5.74, 6) is 1.04. The highest BCUT2D eigenvalue weighted by atomic mass is 32.2. The zero-order valence-corrected chi connectivity index (χ0v) is 11.7. The van der Waals surface area contributed by atoms with Gasteiger partial charge in [-0.15, -0.1) is 11.8 Å². The first-order valence-corrected chi connectivity index (χ1v) is 8.39. The quantitative estimate of drug-likeness (QED) is 0.848. The summed E-state index contributed by atoms with van der Waals surface area (Å²) in [5, 5.41) is 0. The van der Waals surface area contributed by atoms with Crippen molar-refractivity contribution in [2.45, 2.75) is 31.2 Å². The molecule has 0 bridgehead atoms. The highest BCUT2D eigenvalue weighted by Gasteiger charge is 2.31. The number of sulfonamides is 1. The Kier molecular flexibility index (Phi) is 3.68. The van der Waals surface area contributed by atoms with E-state index >= 15 is 0 Å². The number of rotatable bonds is 3. The van der Waals surface area contributed by atoms with Crippen molar-refractivity contribution >= 4 is 27.5 Å². The number of nitrogens with zero attached hydrogens (tertiary/aromatic N) is 1. The van der Waals surface area contributed by atoms with Gasteiger partial charge in [-0.1, -0.05) is 19.1 Å². The number of hydrogen-bond donors (Lipinski definition) is 0. The van der Waals surface area contributed by atoms with Gasteiger partial charge in [-0.25, -0.2) is 8.42 Å². The van der Waals surface area contributed by atoms with E-state index in [0.717, 1.165) is 16.3 Å². The van der Waals surface area contributed by atoms with Gasteiger partial charge in [0.2, 0.25) is 10.0 Å². The Bertz CT molecular complexity index is 499. The zero-order valence-electron chi connectivity index (χ0n) is 10.1. The molecule has 0 N–H and O–H groups in total. The molecule has 1 unspecified atom stereocenters. The van der Waals surface area contributed by atoms with Crippen molar-refractivity contribution in [1.82, 2.24) is 0 Å². The van der Waals surface area contributed by atoms with Gasteiger partial charge in [0, 0.05) is 10.6 Å². The third-order valence-corrected chi connectivity index (χ3v) is 6.13. The summed E-state index contributed by atoms with van der Waals surface area (Å²) in [6.45, 7) is 3.86. The van der Waals surface area contributed by atoms with E-state index in [2.05, 4.69) is 0 Å². The van der Waals surface area contributed by atoms with Gasteiger partial charge in [0.15, 0.2) is 0 Å². The van der Waals surface area contributed by atoms with Crippen molar-refractivity contribution in [3.05, 3.63) is 24.3 Å². The smallest absolute Gasteiger partial charge is 0.235 e. The van der Waals surface area contributed by atoms with Gasteiger partial charge in [0.1, 0.15) is 0 Å². The molecule has 3 nitrogen and oxygen atoms in total. The van der Waals surface area contributed by atoms with Crippen molar-refractivity contribution in [3.8, 4) is 0 Å². The number of para-hydroxylation sites is 1. The molecule has 0 amide bonds. The summed E-state index contributed by atoms with van der Waals surface area (Å²) in [6.07, 6.45) is 0.654. The molecule has 0 saturated carbocycles. The van der Waals surface area contributed by atoms with Crippen LogP contribution in [0.1, 0.15) is 20.3 Å². The van der Waals surface area contributed by atoms with E-state index in [9.17, 15) is 8.42 Å². The zero-order chi connectivity index (χ0) is 12.5. The number of thioether (sulfide) groups is 1. The molecule has 0 aliphatic carbocycles. The Labute approximate surface area is 107 Å². The van der Waals surface area contributed by atoms with E-state index < -0.39 is 10.0 Å².